The number of aryl methyl sites for hydroxylation is 1. The number of nitrogen functional groups attached to an aromatic ring is 1. The Morgan fingerprint density at radius 1 is 1.50 bits per heavy atom. The van der Waals surface area contributed by atoms with Gasteiger partial charge in [0.05, 0.1) is 0 Å². The number of nitrogens with two attached hydrogens (primary N) is 1. The quantitative estimate of drug-likeness (QED) is 0.658. The highest BCUT2D eigenvalue weighted by atomic mass is 32.2. The number of anilines is 1. The van der Waals surface area contributed by atoms with Crippen molar-refractivity contribution < 1.29 is 12.8 Å². The SMILES string of the molecule is C=CCN(CC)S(=O)(=O)c1cc(N)c(C)cc1F. The van der Waals surface area contributed by atoms with E-state index in [0.29, 0.717) is 5.56 Å². The second-order valence-electron chi connectivity index (χ2n) is 3.88. The van der Waals surface area contributed by atoms with Gasteiger partial charge in [-0.25, -0.2) is 12.8 Å². The highest BCUT2D eigenvalue weighted by molar-refractivity contribution is 7.89. The first kappa shape index (κ1) is 14.7. The van der Waals surface area contributed by atoms with Gasteiger partial charge >= 0.3 is 0 Å². The Bertz CT molecular complexity index is 555. The van der Waals surface area contributed by atoms with Crippen LogP contribution >= 0.6 is 0 Å². The summed E-state index contributed by atoms with van der Waals surface area (Å²) in [5.74, 6) is -0.788. The Kier molecular flexibility index (Phi) is 4.48. The summed E-state index contributed by atoms with van der Waals surface area (Å²) >= 11 is 0. The van der Waals surface area contributed by atoms with E-state index in [1.807, 2.05) is 0 Å². The lowest BCUT2D eigenvalue weighted by Gasteiger charge is -2.19. The highest BCUT2D eigenvalue weighted by Gasteiger charge is 2.26. The average molecular weight is 272 g/mol. The van der Waals surface area contributed by atoms with E-state index in [0.717, 1.165) is 16.4 Å². The molecule has 0 bridgehead atoms. The molecule has 1 aromatic carbocycles. The molecule has 0 saturated heterocycles. The molecule has 0 amide bonds. The normalized spacial score (nSPS) is 11.8. The molecule has 0 fully saturated rings. The van der Waals surface area contributed by atoms with Crippen LogP contribution in [0.25, 0.3) is 0 Å². The van der Waals surface area contributed by atoms with Gasteiger partial charge in [-0.05, 0) is 24.6 Å². The monoisotopic (exact) mass is 272 g/mol. The number of hydrogen-bond acceptors (Lipinski definition) is 3. The van der Waals surface area contributed by atoms with Crippen LogP contribution in [-0.2, 0) is 10.0 Å². The van der Waals surface area contributed by atoms with Crippen molar-refractivity contribution in [1.29, 1.82) is 0 Å². The number of halogens is 1. The lowest BCUT2D eigenvalue weighted by atomic mass is 10.2. The lowest BCUT2D eigenvalue weighted by molar-refractivity contribution is 0.453. The molecule has 0 atom stereocenters. The third-order valence-electron chi connectivity index (χ3n) is 2.62. The van der Waals surface area contributed by atoms with Crippen LogP contribution in [0.4, 0.5) is 10.1 Å². The van der Waals surface area contributed by atoms with E-state index in [1.165, 1.54) is 6.08 Å². The van der Waals surface area contributed by atoms with Crippen LogP contribution in [0.5, 0.6) is 0 Å². The number of benzene rings is 1. The van der Waals surface area contributed by atoms with Crippen LogP contribution in [0.1, 0.15) is 12.5 Å². The van der Waals surface area contributed by atoms with E-state index in [4.69, 9.17) is 5.73 Å². The van der Waals surface area contributed by atoms with Gasteiger partial charge in [0.1, 0.15) is 10.7 Å². The predicted molar refractivity (Wildman–Crippen MR) is 70.2 cm³/mol. The molecule has 0 aliphatic carbocycles. The van der Waals surface area contributed by atoms with Crippen molar-refractivity contribution in [3.63, 3.8) is 0 Å². The summed E-state index contributed by atoms with van der Waals surface area (Å²) in [6, 6.07) is 2.29. The van der Waals surface area contributed by atoms with Gasteiger partial charge in [0, 0.05) is 18.8 Å². The minimum absolute atomic E-state index is 0.131. The standard InChI is InChI=1S/C12H17FN2O2S/c1-4-6-15(5-2)18(16,17)12-8-11(14)9(3)7-10(12)13/h4,7-8H,1,5-6,14H2,2-3H3. The molecule has 0 saturated carbocycles. The molecule has 4 nitrogen and oxygen atoms in total. The first-order valence-electron chi connectivity index (χ1n) is 5.51. The Hall–Kier alpha value is -1.40. The molecule has 2 N–H and O–H groups in total. The third-order valence-corrected chi connectivity index (χ3v) is 4.58. The summed E-state index contributed by atoms with van der Waals surface area (Å²) in [6.07, 6.45) is 1.45. The Morgan fingerprint density at radius 2 is 2.11 bits per heavy atom. The molecule has 0 aromatic heterocycles. The van der Waals surface area contributed by atoms with Gasteiger partial charge in [-0.15, -0.1) is 6.58 Å². The zero-order valence-electron chi connectivity index (χ0n) is 10.5. The van der Waals surface area contributed by atoms with Crippen molar-refractivity contribution >= 4 is 15.7 Å². The second kappa shape index (κ2) is 5.49. The van der Waals surface area contributed by atoms with Crippen molar-refractivity contribution in [3.8, 4) is 0 Å². The van der Waals surface area contributed by atoms with Crippen LogP contribution in [0.2, 0.25) is 0 Å². The smallest absolute Gasteiger partial charge is 0.246 e. The zero-order valence-corrected chi connectivity index (χ0v) is 11.3. The van der Waals surface area contributed by atoms with Crippen molar-refractivity contribution in [1.82, 2.24) is 4.31 Å². The van der Waals surface area contributed by atoms with E-state index in [9.17, 15) is 12.8 Å². The number of sulfonamides is 1. The number of nitrogens with zero attached hydrogens (tertiary/aromatic N) is 1. The Balaban J connectivity index is 3.36. The molecule has 6 heteroatoms. The summed E-state index contributed by atoms with van der Waals surface area (Å²) in [5, 5.41) is 0. The number of hydrogen-bond donors (Lipinski definition) is 1. The molecular formula is C12H17FN2O2S. The van der Waals surface area contributed by atoms with E-state index in [1.54, 1.807) is 13.8 Å². The number of rotatable bonds is 5. The predicted octanol–water partition coefficient (Wildman–Crippen LogP) is 1.91. The summed E-state index contributed by atoms with van der Waals surface area (Å²) in [7, 11) is -3.88. The van der Waals surface area contributed by atoms with Gasteiger partial charge in [0.25, 0.3) is 0 Å². The van der Waals surface area contributed by atoms with Crippen LogP contribution < -0.4 is 5.73 Å². The topological polar surface area (TPSA) is 63.4 Å². The van der Waals surface area contributed by atoms with Crippen molar-refractivity contribution in [2.75, 3.05) is 18.8 Å². The summed E-state index contributed by atoms with van der Waals surface area (Å²) in [5.41, 5.74) is 6.40. The van der Waals surface area contributed by atoms with Crippen molar-refractivity contribution in [2.45, 2.75) is 18.7 Å². The maximum atomic E-state index is 13.8. The fourth-order valence-electron chi connectivity index (χ4n) is 1.55. The minimum atomic E-state index is -3.88. The van der Waals surface area contributed by atoms with Gasteiger partial charge in [0.2, 0.25) is 10.0 Å². The largest absolute Gasteiger partial charge is 0.398 e. The molecule has 18 heavy (non-hydrogen) atoms. The van der Waals surface area contributed by atoms with E-state index in [2.05, 4.69) is 6.58 Å². The first-order valence-corrected chi connectivity index (χ1v) is 6.95. The lowest BCUT2D eigenvalue weighted by Crippen LogP contribution is -2.31. The molecule has 0 aliphatic rings. The summed E-state index contributed by atoms with van der Waals surface area (Å²) in [4.78, 5) is -0.394. The third kappa shape index (κ3) is 2.70. The fraction of sp³-hybridized carbons (Fsp3) is 0.333. The van der Waals surface area contributed by atoms with Gasteiger partial charge < -0.3 is 5.73 Å². The molecule has 0 spiro atoms. The van der Waals surface area contributed by atoms with Gasteiger partial charge in [-0.3, -0.25) is 0 Å². The maximum absolute atomic E-state index is 13.8. The zero-order chi connectivity index (χ0) is 13.9. The van der Waals surface area contributed by atoms with Crippen LogP contribution in [0.3, 0.4) is 0 Å². The molecular weight excluding hydrogens is 255 g/mol. The minimum Gasteiger partial charge on any atom is -0.398 e. The molecule has 1 aromatic rings. The number of likely N-dealkylation sites (N-methyl/N-ethyl adjacent to an activating group) is 1. The second-order valence-corrected chi connectivity index (χ2v) is 5.79. The summed E-state index contributed by atoms with van der Waals surface area (Å²) < 4.78 is 39.3. The Morgan fingerprint density at radius 3 is 2.61 bits per heavy atom. The maximum Gasteiger partial charge on any atom is 0.246 e. The van der Waals surface area contributed by atoms with Crippen LogP contribution in [-0.4, -0.2) is 25.8 Å². The van der Waals surface area contributed by atoms with Gasteiger partial charge in [-0.1, -0.05) is 13.0 Å². The van der Waals surface area contributed by atoms with Gasteiger partial charge in [-0.2, -0.15) is 4.31 Å². The molecule has 0 aliphatic heterocycles. The van der Waals surface area contributed by atoms with E-state index >= 15 is 0 Å². The van der Waals surface area contributed by atoms with Crippen LogP contribution in [0.15, 0.2) is 29.7 Å². The first-order chi connectivity index (χ1) is 8.34. The van der Waals surface area contributed by atoms with Crippen LogP contribution in [0, 0.1) is 12.7 Å². The fourth-order valence-corrected chi connectivity index (χ4v) is 3.05. The van der Waals surface area contributed by atoms with Gasteiger partial charge in [0.15, 0.2) is 0 Å². The molecule has 0 unspecified atom stereocenters. The van der Waals surface area contributed by atoms with Crippen molar-refractivity contribution in [2.24, 2.45) is 0 Å². The molecule has 100 valence electrons. The average Bonchev–Trinajstić information content (AvgIpc) is 2.30. The molecule has 1 rings (SSSR count). The highest BCUT2D eigenvalue weighted by Crippen LogP contribution is 2.24. The van der Waals surface area contributed by atoms with Crippen molar-refractivity contribution in [3.05, 3.63) is 36.2 Å². The van der Waals surface area contributed by atoms with E-state index in [-0.39, 0.29) is 18.8 Å². The Labute approximate surface area is 107 Å². The summed E-state index contributed by atoms with van der Waals surface area (Å²) in [6.45, 7) is 7.15. The molecule has 0 heterocycles. The van der Waals surface area contributed by atoms with E-state index < -0.39 is 20.7 Å². The molecule has 0 radical (unpaired) electrons.